The standard InChI is InChI=1S/C13H11ClN2O3/c14-7-1-3-9(12(18)5-7)13(19)16-11-4-2-8(17)6-10(11)15/h1-6,17-18H,15H2,(H,16,19). The van der Waals surface area contributed by atoms with Crippen LogP contribution in [0.15, 0.2) is 36.4 Å². The predicted molar refractivity (Wildman–Crippen MR) is 73.6 cm³/mol. The minimum absolute atomic E-state index is 0.00448. The highest BCUT2D eigenvalue weighted by molar-refractivity contribution is 6.31. The number of carbonyl (C=O) groups is 1. The molecule has 19 heavy (non-hydrogen) atoms. The highest BCUT2D eigenvalue weighted by atomic mass is 35.5. The Morgan fingerprint density at radius 3 is 2.53 bits per heavy atom. The number of anilines is 2. The van der Waals surface area contributed by atoms with Gasteiger partial charge in [-0.05, 0) is 30.3 Å². The fourth-order valence-corrected chi connectivity index (χ4v) is 1.72. The third-order valence-electron chi connectivity index (χ3n) is 2.49. The minimum atomic E-state index is -0.522. The van der Waals surface area contributed by atoms with Crippen molar-refractivity contribution in [3.63, 3.8) is 0 Å². The Kier molecular flexibility index (Phi) is 3.48. The fraction of sp³-hybridized carbons (Fsp3) is 0. The van der Waals surface area contributed by atoms with Gasteiger partial charge in [-0.2, -0.15) is 0 Å². The van der Waals surface area contributed by atoms with Crippen molar-refractivity contribution in [3.8, 4) is 11.5 Å². The van der Waals surface area contributed by atoms with E-state index in [9.17, 15) is 15.0 Å². The molecule has 0 fully saturated rings. The van der Waals surface area contributed by atoms with E-state index in [1.54, 1.807) is 0 Å². The van der Waals surface area contributed by atoms with Crippen LogP contribution >= 0.6 is 11.6 Å². The van der Waals surface area contributed by atoms with E-state index in [1.165, 1.54) is 36.4 Å². The number of nitrogen functional groups attached to an aromatic ring is 1. The zero-order valence-corrected chi connectivity index (χ0v) is 10.5. The lowest BCUT2D eigenvalue weighted by Gasteiger charge is -2.09. The van der Waals surface area contributed by atoms with Gasteiger partial charge in [0.1, 0.15) is 11.5 Å². The van der Waals surface area contributed by atoms with Gasteiger partial charge in [-0.25, -0.2) is 0 Å². The lowest BCUT2D eigenvalue weighted by Crippen LogP contribution is -2.13. The van der Waals surface area contributed by atoms with Crippen LogP contribution in [0.5, 0.6) is 11.5 Å². The monoisotopic (exact) mass is 278 g/mol. The summed E-state index contributed by atoms with van der Waals surface area (Å²) in [5.41, 5.74) is 6.30. The van der Waals surface area contributed by atoms with Gasteiger partial charge in [0.15, 0.2) is 0 Å². The molecule has 0 radical (unpaired) electrons. The second-order valence-electron chi connectivity index (χ2n) is 3.89. The molecule has 2 aromatic rings. The van der Waals surface area contributed by atoms with E-state index in [0.717, 1.165) is 0 Å². The van der Waals surface area contributed by atoms with Crippen LogP contribution in [0, 0.1) is 0 Å². The molecule has 0 spiro atoms. The number of rotatable bonds is 2. The highest BCUT2D eigenvalue weighted by Crippen LogP contribution is 2.26. The molecule has 6 heteroatoms. The third kappa shape index (κ3) is 2.89. The van der Waals surface area contributed by atoms with Crippen LogP contribution in [0.3, 0.4) is 0 Å². The summed E-state index contributed by atoms with van der Waals surface area (Å²) >= 11 is 5.68. The molecular weight excluding hydrogens is 268 g/mol. The lowest BCUT2D eigenvalue weighted by molar-refractivity contribution is 0.102. The molecule has 0 aliphatic rings. The predicted octanol–water partition coefficient (Wildman–Crippen LogP) is 2.59. The minimum Gasteiger partial charge on any atom is -0.508 e. The number of aromatic hydroxyl groups is 2. The molecule has 0 heterocycles. The van der Waals surface area contributed by atoms with Gasteiger partial charge in [-0.1, -0.05) is 11.6 Å². The van der Waals surface area contributed by atoms with Crippen molar-refractivity contribution in [1.29, 1.82) is 0 Å². The second kappa shape index (κ2) is 5.07. The second-order valence-corrected chi connectivity index (χ2v) is 4.32. The maximum absolute atomic E-state index is 12.0. The number of nitrogens with one attached hydrogen (secondary N) is 1. The van der Waals surface area contributed by atoms with Crippen LogP contribution in [-0.2, 0) is 0 Å². The normalized spacial score (nSPS) is 10.2. The summed E-state index contributed by atoms with van der Waals surface area (Å²) in [6.07, 6.45) is 0. The lowest BCUT2D eigenvalue weighted by atomic mass is 10.1. The quantitative estimate of drug-likeness (QED) is 0.501. The summed E-state index contributed by atoms with van der Waals surface area (Å²) in [5.74, 6) is -0.737. The number of amides is 1. The average molecular weight is 279 g/mol. The molecule has 1 amide bonds. The van der Waals surface area contributed by atoms with Gasteiger partial charge in [0.05, 0.1) is 16.9 Å². The first-order chi connectivity index (χ1) is 8.97. The average Bonchev–Trinajstić information content (AvgIpc) is 2.32. The van der Waals surface area contributed by atoms with Gasteiger partial charge < -0.3 is 21.3 Å². The van der Waals surface area contributed by atoms with E-state index in [0.29, 0.717) is 10.7 Å². The van der Waals surface area contributed by atoms with Crippen LogP contribution in [0.2, 0.25) is 5.02 Å². The Balaban J connectivity index is 2.25. The Morgan fingerprint density at radius 1 is 1.16 bits per heavy atom. The molecule has 2 aromatic carbocycles. The maximum atomic E-state index is 12.0. The molecule has 0 unspecified atom stereocenters. The van der Waals surface area contributed by atoms with Gasteiger partial charge in [0.2, 0.25) is 0 Å². The molecule has 98 valence electrons. The number of nitrogens with two attached hydrogens (primary N) is 1. The fourth-order valence-electron chi connectivity index (χ4n) is 1.55. The molecule has 2 rings (SSSR count). The molecular formula is C13H11ClN2O3. The summed E-state index contributed by atoms with van der Waals surface area (Å²) in [7, 11) is 0. The Labute approximate surface area is 114 Å². The van der Waals surface area contributed by atoms with Gasteiger partial charge in [-0.3, -0.25) is 4.79 Å². The number of hydrogen-bond acceptors (Lipinski definition) is 4. The van der Waals surface area contributed by atoms with E-state index in [-0.39, 0.29) is 22.7 Å². The van der Waals surface area contributed by atoms with Crippen LogP contribution < -0.4 is 11.1 Å². The molecule has 0 aromatic heterocycles. The topological polar surface area (TPSA) is 95.6 Å². The summed E-state index contributed by atoms with van der Waals surface area (Å²) in [6, 6.07) is 8.36. The van der Waals surface area contributed by atoms with Crippen LogP contribution in [0.25, 0.3) is 0 Å². The summed E-state index contributed by atoms with van der Waals surface area (Å²) < 4.78 is 0. The number of benzene rings is 2. The van der Waals surface area contributed by atoms with Gasteiger partial charge in [0, 0.05) is 11.1 Å². The first kappa shape index (κ1) is 13.0. The number of hydrogen-bond donors (Lipinski definition) is 4. The Bertz CT molecular complexity index is 644. The van der Waals surface area contributed by atoms with E-state index in [1.807, 2.05) is 0 Å². The Morgan fingerprint density at radius 2 is 1.89 bits per heavy atom. The smallest absolute Gasteiger partial charge is 0.259 e. The maximum Gasteiger partial charge on any atom is 0.259 e. The Hall–Kier alpha value is -2.40. The molecule has 0 atom stereocenters. The van der Waals surface area contributed by atoms with Crippen molar-refractivity contribution in [2.75, 3.05) is 11.1 Å². The number of carbonyl (C=O) groups excluding carboxylic acids is 1. The molecule has 0 saturated heterocycles. The molecule has 0 aliphatic heterocycles. The van der Waals surface area contributed by atoms with Gasteiger partial charge >= 0.3 is 0 Å². The largest absolute Gasteiger partial charge is 0.508 e. The van der Waals surface area contributed by atoms with Crippen molar-refractivity contribution >= 4 is 28.9 Å². The highest BCUT2D eigenvalue weighted by Gasteiger charge is 2.13. The zero-order chi connectivity index (χ0) is 14.0. The van der Waals surface area contributed by atoms with E-state index < -0.39 is 5.91 Å². The number of phenols is 2. The number of phenolic OH excluding ortho intramolecular Hbond substituents is 2. The van der Waals surface area contributed by atoms with Crippen LogP contribution in [0.1, 0.15) is 10.4 Å². The van der Waals surface area contributed by atoms with Crippen molar-refractivity contribution in [2.24, 2.45) is 0 Å². The third-order valence-corrected chi connectivity index (χ3v) is 2.72. The molecule has 0 saturated carbocycles. The van der Waals surface area contributed by atoms with Crippen molar-refractivity contribution in [2.45, 2.75) is 0 Å². The van der Waals surface area contributed by atoms with Crippen LogP contribution in [-0.4, -0.2) is 16.1 Å². The molecule has 0 aliphatic carbocycles. The zero-order valence-electron chi connectivity index (χ0n) is 9.72. The van der Waals surface area contributed by atoms with Crippen molar-refractivity contribution in [1.82, 2.24) is 0 Å². The van der Waals surface area contributed by atoms with E-state index in [4.69, 9.17) is 17.3 Å². The summed E-state index contributed by atoms with van der Waals surface area (Å²) in [6.45, 7) is 0. The number of halogens is 1. The van der Waals surface area contributed by atoms with Gasteiger partial charge in [-0.15, -0.1) is 0 Å². The SMILES string of the molecule is Nc1cc(O)ccc1NC(=O)c1ccc(Cl)cc1O. The molecule has 5 N–H and O–H groups in total. The van der Waals surface area contributed by atoms with Crippen LogP contribution in [0.4, 0.5) is 11.4 Å². The molecule has 5 nitrogen and oxygen atoms in total. The first-order valence-electron chi connectivity index (χ1n) is 5.36. The molecule has 0 bridgehead atoms. The van der Waals surface area contributed by atoms with Crippen molar-refractivity contribution < 1.29 is 15.0 Å². The van der Waals surface area contributed by atoms with Gasteiger partial charge in [0.25, 0.3) is 5.91 Å². The van der Waals surface area contributed by atoms with E-state index >= 15 is 0 Å². The first-order valence-corrected chi connectivity index (χ1v) is 5.73. The summed E-state index contributed by atoms with van der Waals surface area (Å²) in [5, 5.41) is 21.7. The van der Waals surface area contributed by atoms with E-state index in [2.05, 4.69) is 5.32 Å². The summed E-state index contributed by atoms with van der Waals surface area (Å²) in [4.78, 5) is 12.0. The van der Waals surface area contributed by atoms with Crippen molar-refractivity contribution in [3.05, 3.63) is 47.0 Å².